The average molecular weight is 275 g/mol. The highest BCUT2D eigenvalue weighted by Crippen LogP contribution is 2.22. The van der Waals surface area contributed by atoms with Gasteiger partial charge in [-0.25, -0.2) is 0 Å². The van der Waals surface area contributed by atoms with E-state index in [1.165, 1.54) is 7.11 Å². The Labute approximate surface area is 115 Å². The van der Waals surface area contributed by atoms with Gasteiger partial charge in [0.15, 0.2) is 0 Å². The molecular weight excluding hydrogens is 262 g/mol. The summed E-state index contributed by atoms with van der Waals surface area (Å²) in [5.41, 5.74) is 0.691. The van der Waals surface area contributed by atoms with Crippen LogP contribution in [0.5, 0.6) is 0 Å². The molecule has 0 N–H and O–H groups in total. The molecule has 0 unspecified atom stereocenters. The lowest BCUT2D eigenvalue weighted by Gasteiger charge is -2.12. The van der Waals surface area contributed by atoms with Crippen molar-refractivity contribution < 1.29 is 23.9 Å². The van der Waals surface area contributed by atoms with E-state index in [9.17, 15) is 19.2 Å². The molecule has 1 aromatic carbocycles. The number of benzene rings is 1. The van der Waals surface area contributed by atoms with Gasteiger partial charge in [-0.05, 0) is 12.1 Å². The van der Waals surface area contributed by atoms with Gasteiger partial charge in [-0.15, -0.1) is 0 Å². The predicted octanol–water partition coefficient (Wildman–Crippen LogP) is 0.805. The number of Topliss-reactive ketones (excluding diaryl/α,β-unsaturated/α-hetero) is 1. The standard InChI is InChI=1S/C14H13NO5/c1-20-12(17)8-9(16)6-7-15-13(18)10-4-2-3-5-11(10)14(15)19/h2-5H,6-8H2,1H3. The summed E-state index contributed by atoms with van der Waals surface area (Å²) >= 11 is 0. The van der Waals surface area contributed by atoms with Gasteiger partial charge in [0.05, 0.1) is 18.2 Å². The molecule has 0 aliphatic carbocycles. The molecule has 1 aliphatic rings. The van der Waals surface area contributed by atoms with Crippen molar-refractivity contribution in [2.45, 2.75) is 12.8 Å². The number of hydrogen-bond donors (Lipinski definition) is 0. The third-order valence-electron chi connectivity index (χ3n) is 3.06. The molecule has 0 atom stereocenters. The van der Waals surface area contributed by atoms with Crippen LogP contribution in [0, 0.1) is 0 Å². The smallest absolute Gasteiger partial charge is 0.313 e. The Morgan fingerprint density at radius 1 is 1.10 bits per heavy atom. The van der Waals surface area contributed by atoms with Crippen LogP contribution in [0.3, 0.4) is 0 Å². The van der Waals surface area contributed by atoms with Crippen LogP contribution in [0.2, 0.25) is 0 Å². The van der Waals surface area contributed by atoms with Crippen LogP contribution in [-0.4, -0.2) is 42.1 Å². The van der Waals surface area contributed by atoms with Crippen molar-refractivity contribution in [2.75, 3.05) is 13.7 Å². The summed E-state index contributed by atoms with van der Waals surface area (Å²) in [6.45, 7) is -0.0256. The lowest BCUT2D eigenvalue weighted by Crippen LogP contribution is -2.32. The van der Waals surface area contributed by atoms with E-state index in [0.717, 1.165) is 4.90 Å². The van der Waals surface area contributed by atoms with Crippen molar-refractivity contribution in [1.29, 1.82) is 0 Å². The fourth-order valence-electron chi connectivity index (χ4n) is 2.00. The van der Waals surface area contributed by atoms with Crippen LogP contribution in [0.25, 0.3) is 0 Å². The Morgan fingerprint density at radius 2 is 1.65 bits per heavy atom. The molecule has 0 saturated heterocycles. The van der Waals surface area contributed by atoms with Crippen molar-refractivity contribution in [2.24, 2.45) is 0 Å². The van der Waals surface area contributed by atoms with Crippen LogP contribution in [0.15, 0.2) is 24.3 Å². The molecule has 1 aromatic rings. The summed E-state index contributed by atoms with van der Waals surface area (Å²) in [7, 11) is 1.19. The Bertz CT molecular complexity index is 558. The molecule has 0 radical (unpaired) electrons. The first-order chi connectivity index (χ1) is 9.54. The first-order valence-corrected chi connectivity index (χ1v) is 6.08. The highest BCUT2D eigenvalue weighted by atomic mass is 16.5. The number of imide groups is 1. The molecule has 20 heavy (non-hydrogen) atoms. The molecule has 6 nitrogen and oxygen atoms in total. The van der Waals surface area contributed by atoms with Crippen LogP contribution in [0.1, 0.15) is 33.6 Å². The van der Waals surface area contributed by atoms with E-state index in [0.29, 0.717) is 11.1 Å². The highest BCUT2D eigenvalue weighted by Gasteiger charge is 2.34. The van der Waals surface area contributed by atoms with Crippen LogP contribution >= 0.6 is 0 Å². The van der Waals surface area contributed by atoms with E-state index in [1.54, 1.807) is 24.3 Å². The van der Waals surface area contributed by atoms with E-state index in [4.69, 9.17) is 0 Å². The van der Waals surface area contributed by atoms with Crippen molar-refractivity contribution in [3.63, 3.8) is 0 Å². The SMILES string of the molecule is COC(=O)CC(=O)CCN1C(=O)c2ccccc2C1=O. The van der Waals surface area contributed by atoms with E-state index in [2.05, 4.69) is 4.74 Å². The topological polar surface area (TPSA) is 80.8 Å². The van der Waals surface area contributed by atoms with Crippen LogP contribution < -0.4 is 0 Å². The number of carbonyl (C=O) groups excluding carboxylic acids is 4. The fourth-order valence-corrected chi connectivity index (χ4v) is 2.00. The summed E-state index contributed by atoms with van der Waals surface area (Å²) < 4.78 is 4.38. The fraction of sp³-hybridized carbons (Fsp3) is 0.286. The monoisotopic (exact) mass is 275 g/mol. The zero-order chi connectivity index (χ0) is 14.7. The second-order valence-electron chi connectivity index (χ2n) is 4.35. The maximum atomic E-state index is 12.0. The van der Waals surface area contributed by atoms with Gasteiger partial charge in [-0.3, -0.25) is 24.1 Å². The first kappa shape index (κ1) is 13.9. The molecule has 6 heteroatoms. The minimum atomic E-state index is -0.627. The Kier molecular flexibility index (Phi) is 3.93. The lowest BCUT2D eigenvalue weighted by atomic mass is 10.1. The number of nitrogens with zero attached hydrogens (tertiary/aromatic N) is 1. The van der Waals surface area contributed by atoms with Gasteiger partial charge in [-0.1, -0.05) is 12.1 Å². The van der Waals surface area contributed by atoms with Gasteiger partial charge >= 0.3 is 5.97 Å². The van der Waals surface area contributed by atoms with E-state index in [-0.39, 0.29) is 25.2 Å². The summed E-state index contributed by atoms with van der Waals surface area (Å²) in [6.07, 6.45) is -0.403. The number of hydrogen-bond acceptors (Lipinski definition) is 5. The third-order valence-corrected chi connectivity index (χ3v) is 3.06. The second-order valence-corrected chi connectivity index (χ2v) is 4.35. The van der Waals surface area contributed by atoms with Gasteiger partial charge < -0.3 is 4.74 Å². The molecule has 0 aromatic heterocycles. The predicted molar refractivity (Wildman–Crippen MR) is 68.1 cm³/mol. The second kappa shape index (κ2) is 5.64. The third kappa shape index (κ3) is 2.59. The summed E-state index contributed by atoms with van der Waals surface area (Å²) in [4.78, 5) is 47.5. The summed E-state index contributed by atoms with van der Waals surface area (Å²) in [5, 5.41) is 0. The molecule has 0 bridgehead atoms. The zero-order valence-corrected chi connectivity index (χ0v) is 10.9. The molecule has 104 valence electrons. The Balaban J connectivity index is 1.99. The van der Waals surface area contributed by atoms with Crippen molar-refractivity contribution in [3.8, 4) is 0 Å². The van der Waals surface area contributed by atoms with Gasteiger partial charge in [0.25, 0.3) is 11.8 Å². The zero-order valence-electron chi connectivity index (χ0n) is 10.9. The number of esters is 1. The lowest BCUT2D eigenvalue weighted by molar-refractivity contribution is -0.143. The van der Waals surface area contributed by atoms with Gasteiger partial charge in [0.1, 0.15) is 12.2 Å². The largest absolute Gasteiger partial charge is 0.469 e. The number of methoxy groups -OCH3 is 1. The average Bonchev–Trinajstić information content (AvgIpc) is 2.69. The molecule has 0 spiro atoms. The molecule has 0 saturated carbocycles. The maximum Gasteiger partial charge on any atom is 0.313 e. The first-order valence-electron chi connectivity index (χ1n) is 6.08. The van der Waals surface area contributed by atoms with Crippen molar-refractivity contribution in [1.82, 2.24) is 4.90 Å². The van der Waals surface area contributed by atoms with Crippen molar-refractivity contribution >= 4 is 23.6 Å². The van der Waals surface area contributed by atoms with Crippen LogP contribution in [-0.2, 0) is 14.3 Å². The number of fused-ring (bicyclic) bond motifs is 1. The minimum absolute atomic E-state index is 0.0256. The highest BCUT2D eigenvalue weighted by molar-refractivity contribution is 6.21. The Morgan fingerprint density at radius 3 is 2.15 bits per heavy atom. The van der Waals surface area contributed by atoms with E-state index < -0.39 is 17.8 Å². The number of rotatable bonds is 5. The summed E-state index contributed by atoms with van der Waals surface area (Å²) in [6, 6.07) is 6.50. The Hall–Kier alpha value is -2.50. The van der Waals surface area contributed by atoms with Gasteiger partial charge in [-0.2, -0.15) is 0 Å². The van der Waals surface area contributed by atoms with Crippen molar-refractivity contribution in [3.05, 3.63) is 35.4 Å². The molecule has 2 rings (SSSR count). The summed E-state index contributed by atoms with van der Waals surface area (Å²) in [5.74, 6) is -1.81. The maximum absolute atomic E-state index is 12.0. The molecule has 1 heterocycles. The quantitative estimate of drug-likeness (QED) is 0.451. The molecule has 1 aliphatic heterocycles. The number of carbonyl (C=O) groups is 4. The van der Waals surface area contributed by atoms with Crippen LogP contribution in [0.4, 0.5) is 0 Å². The number of amides is 2. The van der Waals surface area contributed by atoms with Gasteiger partial charge in [0, 0.05) is 13.0 Å². The number of ether oxygens (including phenoxy) is 1. The minimum Gasteiger partial charge on any atom is -0.469 e. The van der Waals surface area contributed by atoms with Gasteiger partial charge in [0.2, 0.25) is 0 Å². The molecule has 0 fully saturated rings. The van der Waals surface area contributed by atoms with E-state index >= 15 is 0 Å². The number of ketones is 1. The molecular formula is C14H13NO5. The molecule has 2 amide bonds. The van der Waals surface area contributed by atoms with E-state index in [1.807, 2.05) is 0 Å². The normalized spacial score (nSPS) is 13.3.